The third-order valence-electron chi connectivity index (χ3n) is 2.60. The van der Waals surface area contributed by atoms with Crippen LogP contribution in [0.5, 0.6) is 0 Å². The molecule has 90 valence electrons. The van der Waals surface area contributed by atoms with Crippen molar-refractivity contribution in [1.29, 1.82) is 0 Å². The van der Waals surface area contributed by atoms with Crippen LogP contribution in [-0.2, 0) is 4.74 Å². The molecule has 0 aliphatic heterocycles. The van der Waals surface area contributed by atoms with Gasteiger partial charge in [-0.1, -0.05) is 37.6 Å². The van der Waals surface area contributed by atoms with E-state index < -0.39 is 0 Å². The monoisotopic (exact) mass is 241 g/mol. The molecule has 1 rings (SSSR count). The van der Waals surface area contributed by atoms with Gasteiger partial charge in [0.2, 0.25) is 0 Å². The minimum atomic E-state index is -0.126. The highest BCUT2D eigenvalue weighted by Crippen LogP contribution is 2.24. The van der Waals surface area contributed by atoms with Gasteiger partial charge in [-0.25, -0.2) is 0 Å². The Hall–Kier alpha value is -0.570. The number of rotatable bonds is 5. The van der Waals surface area contributed by atoms with E-state index in [-0.39, 0.29) is 12.1 Å². The van der Waals surface area contributed by atoms with Gasteiger partial charge in [-0.05, 0) is 30.5 Å². The quantitative estimate of drug-likeness (QED) is 0.858. The summed E-state index contributed by atoms with van der Waals surface area (Å²) in [5, 5.41) is 0.715. The maximum atomic E-state index is 6.21. The molecule has 0 aromatic heterocycles. The maximum absolute atomic E-state index is 6.21. The predicted molar refractivity (Wildman–Crippen MR) is 68.6 cm³/mol. The summed E-state index contributed by atoms with van der Waals surface area (Å²) >= 11 is 5.95. The fourth-order valence-electron chi connectivity index (χ4n) is 1.81. The summed E-state index contributed by atoms with van der Waals surface area (Å²) in [4.78, 5) is 0. The van der Waals surface area contributed by atoms with E-state index in [0.717, 1.165) is 5.56 Å². The fourth-order valence-corrected chi connectivity index (χ4v) is 2.01. The van der Waals surface area contributed by atoms with Crippen molar-refractivity contribution in [3.8, 4) is 0 Å². The first-order valence-corrected chi connectivity index (χ1v) is 6.06. The molecule has 0 aliphatic carbocycles. The lowest BCUT2D eigenvalue weighted by molar-refractivity contribution is 0.0121. The smallest absolute Gasteiger partial charge is 0.0790 e. The first-order valence-electron chi connectivity index (χ1n) is 5.69. The zero-order valence-electron chi connectivity index (χ0n) is 10.1. The fraction of sp³-hybridized carbons (Fsp3) is 0.538. The van der Waals surface area contributed by atoms with E-state index in [1.54, 1.807) is 0 Å². The minimum absolute atomic E-state index is 0.0310. The molecule has 0 saturated carbocycles. The van der Waals surface area contributed by atoms with Gasteiger partial charge in [0.15, 0.2) is 0 Å². The lowest BCUT2D eigenvalue weighted by Gasteiger charge is -2.27. The van der Waals surface area contributed by atoms with Crippen LogP contribution in [0.15, 0.2) is 24.3 Å². The molecular formula is C13H20ClNO. The molecule has 0 saturated heterocycles. The Morgan fingerprint density at radius 3 is 2.56 bits per heavy atom. The summed E-state index contributed by atoms with van der Waals surface area (Å²) in [6, 6.07) is 7.54. The van der Waals surface area contributed by atoms with Gasteiger partial charge in [0.1, 0.15) is 0 Å². The zero-order valence-corrected chi connectivity index (χ0v) is 10.9. The van der Waals surface area contributed by atoms with Gasteiger partial charge < -0.3 is 10.5 Å². The lowest BCUT2D eigenvalue weighted by atomic mass is 9.94. The Kier molecular flexibility index (Phi) is 5.26. The molecule has 1 aromatic carbocycles. The number of hydrogen-bond donors (Lipinski definition) is 1. The molecule has 2 N–H and O–H groups in total. The number of hydrogen-bond acceptors (Lipinski definition) is 2. The second kappa shape index (κ2) is 6.24. The Bertz CT molecular complexity index is 327. The molecule has 2 unspecified atom stereocenters. The molecule has 0 heterocycles. The van der Waals surface area contributed by atoms with E-state index in [2.05, 4.69) is 13.8 Å². The molecule has 16 heavy (non-hydrogen) atoms. The van der Waals surface area contributed by atoms with Gasteiger partial charge >= 0.3 is 0 Å². The summed E-state index contributed by atoms with van der Waals surface area (Å²) in [7, 11) is 0. The largest absolute Gasteiger partial charge is 0.376 e. The Labute approximate surface area is 103 Å². The third-order valence-corrected chi connectivity index (χ3v) is 2.84. The number of ether oxygens (including phenoxy) is 1. The highest BCUT2D eigenvalue weighted by Gasteiger charge is 2.23. The van der Waals surface area contributed by atoms with E-state index in [9.17, 15) is 0 Å². The van der Waals surface area contributed by atoms with Crippen molar-refractivity contribution in [2.45, 2.75) is 32.9 Å². The van der Waals surface area contributed by atoms with Crippen LogP contribution in [0.4, 0.5) is 0 Å². The molecule has 0 aliphatic rings. The SMILES string of the molecule is CCOC(C(C)C)C(N)c1cccc(Cl)c1. The van der Waals surface area contributed by atoms with Crippen molar-refractivity contribution < 1.29 is 4.74 Å². The van der Waals surface area contributed by atoms with Crippen LogP contribution < -0.4 is 5.73 Å². The minimum Gasteiger partial charge on any atom is -0.376 e. The predicted octanol–water partition coefficient (Wildman–Crippen LogP) is 3.40. The Morgan fingerprint density at radius 2 is 2.06 bits per heavy atom. The summed E-state index contributed by atoms with van der Waals surface area (Å²) in [6.45, 7) is 6.90. The average Bonchev–Trinajstić information content (AvgIpc) is 2.24. The summed E-state index contributed by atoms with van der Waals surface area (Å²) in [6.07, 6.45) is 0.0310. The molecular weight excluding hydrogens is 222 g/mol. The van der Waals surface area contributed by atoms with Gasteiger partial charge in [-0.15, -0.1) is 0 Å². The molecule has 1 aromatic rings. The van der Waals surface area contributed by atoms with Crippen molar-refractivity contribution in [2.75, 3.05) is 6.61 Å². The first-order chi connectivity index (χ1) is 7.56. The molecule has 0 amide bonds. The summed E-state index contributed by atoms with van der Waals surface area (Å²) < 4.78 is 5.69. The lowest BCUT2D eigenvalue weighted by Crippen LogP contribution is -2.33. The van der Waals surface area contributed by atoms with E-state index in [1.807, 2.05) is 31.2 Å². The van der Waals surface area contributed by atoms with E-state index in [0.29, 0.717) is 17.5 Å². The molecule has 2 nitrogen and oxygen atoms in total. The summed E-state index contributed by atoms with van der Waals surface area (Å²) in [5.41, 5.74) is 7.24. The standard InChI is InChI=1S/C13H20ClNO/c1-4-16-13(9(2)3)12(15)10-6-5-7-11(14)8-10/h5-9,12-13H,4,15H2,1-3H3. The Morgan fingerprint density at radius 1 is 1.38 bits per heavy atom. The number of benzene rings is 1. The second-order valence-electron chi connectivity index (χ2n) is 4.24. The van der Waals surface area contributed by atoms with Gasteiger partial charge in [0.05, 0.1) is 12.1 Å². The van der Waals surface area contributed by atoms with Gasteiger partial charge in [0.25, 0.3) is 0 Å². The van der Waals surface area contributed by atoms with Crippen LogP contribution in [0.1, 0.15) is 32.4 Å². The van der Waals surface area contributed by atoms with Gasteiger partial charge in [-0.2, -0.15) is 0 Å². The van der Waals surface area contributed by atoms with Crippen molar-refractivity contribution in [2.24, 2.45) is 11.7 Å². The van der Waals surface area contributed by atoms with Gasteiger partial charge in [-0.3, -0.25) is 0 Å². The van der Waals surface area contributed by atoms with E-state index >= 15 is 0 Å². The second-order valence-corrected chi connectivity index (χ2v) is 4.68. The van der Waals surface area contributed by atoms with Crippen molar-refractivity contribution in [1.82, 2.24) is 0 Å². The molecule has 0 fully saturated rings. The molecule has 0 spiro atoms. The highest BCUT2D eigenvalue weighted by atomic mass is 35.5. The number of nitrogens with two attached hydrogens (primary N) is 1. The normalized spacial score (nSPS) is 15.1. The van der Waals surface area contributed by atoms with Crippen molar-refractivity contribution in [3.63, 3.8) is 0 Å². The van der Waals surface area contributed by atoms with Crippen LogP contribution in [0.3, 0.4) is 0 Å². The van der Waals surface area contributed by atoms with Crippen LogP contribution in [-0.4, -0.2) is 12.7 Å². The van der Waals surface area contributed by atoms with Crippen LogP contribution in [0.2, 0.25) is 5.02 Å². The average molecular weight is 242 g/mol. The molecule has 0 bridgehead atoms. The van der Waals surface area contributed by atoms with Crippen molar-refractivity contribution >= 4 is 11.6 Å². The third kappa shape index (κ3) is 3.48. The summed E-state index contributed by atoms with van der Waals surface area (Å²) in [5.74, 6) is 0.383. The Balaban J connectivity index is 2.85. The van der Waals surface area contributed by atoms with Crippen LogP contribution in [0.25, 0.3) is 0 Å². The first kappa shape index (κ1) is 13.5. The molecule has 3 heteroatoms. The zero-order chi connectivity index (χ0) is 12.1. The highest BCUT2D eigenvalue weighted by molar-refractivity contribution is 6.30. The van der Waals surface area contributed by atoms with Crippen LogP contribution >= 0.6 is 11.6 Å². The van der Waals surface area contributed by atoms with Crippen molar-refractivity contribution in [3.05, 3.63) is 34.9 Å². The van der Waals surface area contributed by atoms with E-state index in [4.69, 9.17) is 22.1 Å². The number of halogens is 1. The molecule has 2 atom stereocenters. The van der Waals surface area contributed by atoms with Crippen LogP contribution in [0, 0.1) is 5.92 Å². The van der Waals surface area contributed by atoms with Gasteiger partial charge in [0, 0.05) is 11.6 Å². The molecule has 0 radical (unpaired) electrons. The van der Waals surface area contributed by atoms with E-state index in [1.165, 1.54) is 0 Å². The maximum Gasteiger partial charge on any atom is 0.0790 e. The topological polar surface area (TPSA) is 35.2 Å².